The predicted octanol–water partition coefficient (Wildman–Crippen LogP) is 1.40. The molecule has 0 aromatic rings. The number of amides is 1. The van der Waals surface area contributed by atoms with Crippen molar-refractivity contribution >= 4 is 5.91 Å². The Morgan fingerprint density at radius 1 is 1.44 bits per heavy atom. The quantitative estimate of drug-likeness (QED) is 0.824. The summed E-state index contributed by atoms with van der Waals surface area (Å²) in [5, 5.41) is 3.35. The minimum atomic E-state index is 0.181. The first-order valence-corrected chi connectivity index (χ1v) is 7.33. The van der Waals surface area contributed by atoms with Crippen LogP contribution in [0.3, 0.4) is 0 Å². The molecular formula is C14H26N2O2. The highest BCUT2D eigenvalue weighted by atomic mass is 16.5. The molecule has 2 heterocycles. The van der Waals surface area contributed by atoms with Crippen molar-refractivity contribution < 1.29 is 9.53 Å². The van der Waals surface area contributed by atoms with Gasteiger partial charge in [0.05, 0.1) is 12.2 Å². The first-order chi connectivity index (χ1) is 8.69. The van der Waals surface area contributed by atoms with E-state index in [4.69, 9.17) is 4.74 Å². The third kappa shape index (κ3) is 3.69. The van der Waals surface area contributed by atoms with Crippen LogP contribution in [0.1, 0.15) is 39.5 Å². The molecule has 3 atom stereocenters. The van der Waals surface area contributed by atoms with Crippen molar-refractivity contribution in [1.82, 2.24) is 10.2 Å². The molecule has 2 aliphatic heterocycles. The van der Waals surface area contributed by atoms with E-state index in [0.717, 1.165) is 39.0 Å². The molecule has 18 heavy (non-hydrogen) atoms. The molecule has 4 heteroatoms. The van der Waals surface area contributed by atoms with Crippen LogP contribution in [-0.4, -0.2) is 49.2 Å². The van der Waals surface area contributed by atoms with Crippen LogP contribution < -0.4 is 5.32 Å². The summed E-state index contributed by atoms with van der Waals surface area (Å²) >= 11 is 0. The van der Waals surface area contributed by atoms with Crippen LogP contribution in [0.2, 0.25) is 0 Å². The minimum absolute atomic E-state index is 0.181. The molecule has 2 rings (SSSR count). The zero-order valence-corrected chi connectivity index (χ0v) is 11.7. The number of nitrogens with one attached hydrogen (secondary N) is 1. The van der Waals surface area contributed by atoms with Gasteiger partial charge < -0.3 is 15.0 Å². The highest BCUT2D eigenvalue weighted by Crippen LogP contribution is 2.18. The lowest BCUT2D eigenvalue weighted by Crippen LogP contribution is -2.49. The van der Waals surface area contributed by atoms with Gasteiger partial charge in [0.2, 0.25) is 5.91 Å². The second-order valence-electron chi connectivity index (χ2n) is 5.67. The molecule has 4 nitrogen and oxygen atoms in total. The molecule has 1 N–H and O–H groups in total. The number of morpholine rings is 1. The fourth-order valence-corrected chi connectivity index (χ4v) is 2.92. The van der Waals surface area contributed by atoms with Gasteiger partial charge >= 0.3 is 0 Å². The maximum Gasteiger partial charge on any atom is 0.222 e. The van der Waals surface area contributed by atoms with Gasteiger partial charge in [-0.15, -0.1) is 0 Å². The van der Waals surface area contributed by atoms with Crippen molar-refractivity contribution in [2.45, 2.75) is 51.7 Å². The van der Waals surface area contributed by atoms with Gasteiger partial charge in [0, 0.05) is 19.5 Å². The van der Waals surface area contributed by atoms with Crippen molar-refractivity contribution in [2.24, 2.45) is 5.92 Å². The Kier molecular flexibility index (Phi) is 5.01. The number of ether oxygens (including phenoxy) is 1. The van der Waals surface area contributed by atoms with Crippen LogP contribution in [0.15, 0.2) is 0 Å². The van der Waals surface area contributed by atoms with Crippen LogP contribution in [0.4, 0.5) is 0 Å². The maximum atomic E-state index is 12.2. The molecular weight excluding hydrogens is 228 g/mol. The fourth-order valence-electron chi connectivity index (χ4n) is 2.92. The molecule has 2 fully saturated rings. The van der Waals surface area contributed by atoms with E-state index in [9.17, 15) is 4.79 Å². The molecule has 104 valence electrons. The molecule has 0 saturated carbocycles. The standard InChI is InChI=1S/C14H26N2O2/c1-3-13-10-16(9-11(2)18-13)14(17)5-4-12-6-7-15-8-12/h11-13,15H,3-10H2,1-2H3. The van der Waals surface area contributed by atoms with Gasteiger partial charge in [-0.05, 0) is 45.2 Å². The average Bonchev–Trinajstić information content (AvgIpc) is 2.88. The Labute approximate surface area is 110 Å². The van der Waals surface area contributed by atoms with E-state index in [2.05, 4.69) is 19.2 Å². The van der Waals surface area contributed by atoms with Gasteiger partial charge in [0.1, 0.15) is 0 Å². The SMILES string of the molecule is CCC1CN(C(=O)CCC2CCNC2)CC(C)O1. The zero-order valence-electron chi connectivity index (χ0n) is 11.7. The molecule has 0 aromatic carbocycles. The third-order valence-corrected chi connectivity index (χ3v) is 4.06. The van der Waals surface area contributed by atoms with Crippen LogP contribution in [-0.2, 0) is 9.53 Å². The second-order valence-corrected chi connectivity index (χ2v) is 5.67. The molecule has 0 aromatic heterocycles. The van der Waals surface area contributed by atoms with Crippen LogP contribution in [0, 0.1) is 5.92 Å². The lowest BCUT2D eigenvalue weighted by Gasteiger charge is -2.36. The second kappa shape index (κ2) is 6.53. The summed E-state index contributed by atoms with van der Waals surface area (Å²) in [4.78, 5) is 14.2. The fraction of sp³-hybridized carbons (Fsp3) is 0.929. The molecule has 0 radical (unpaired) electrons. The van der Waals surface area contributed by atoms with Crippen molar-refractivity contribution in [3.8, 4) is 0 Å². The number of carbonyl (C=O) groups excluding carboxylic acids is 1. The van der Waals surface area contributed by atoms with E-state index in [1.165, 1.54) is 6.42 Å². The van der Waals surface area contributed by atoms with Crippen LogP contribution >= 0.6 is 0 Å². The monoisotopic (exact) mass is 254 g/mol. The van der Waals surface area contributed by atoms with Gasteiger partial charge in [-0.25, -0.2) is 0 Å². The number of nitrogens with zero attached hydrogens (tertiary/aromatic N) is 1. The summed E-state index contributed by atoms with van der Waals surface area (Å²) in [7, 11) is 0. The summed E-state index contributed by atoms with van der Waals surface area (Å²) in [6, 6.07) is 0. The van der Waals surface area contributed by atoms with E-state index < -0.39 is 0 Å². The van der Waals surface area contributed by atoms with Crippen molar-refractivity contribution in [3.63, 3.8) is 0 Å². The highest BCUT2D eigenvalue weighted by molar-refractivity contribution is 5.76. The smallest absolute Gasteiger partial charge is 0.222 e. The van der Waals surface area contributed by atoms with E-state index in [-0.39, 0.29) is 12.2 Å². The Hall–Kier alpha value is -0.610. The topological polar surface area (TPSA) is 41.6 Å². The average molecular weight is 254 g/mol. The molecule has 0 bridgehead atoms. The van der Waals surface area contributed by atoms with E-state index in [1.54, 1.807) is 0 Å². The molecule has 0 aliphatic carbocycles. The molecule has 1 amide bonds. The number of hydrogen-bond acceptors (Lipinski definition) is 3. The molecule has 3 unspecified atom stereocenters. The minimum Gasteiger partial charge on any atom is -0.372 e. The first kappa shape index (κ1) is 13.8. The highest BCUT2D eigenvalue weighted by Gasteiger charge is 2.27. The summed E-state index contributed by atoms with van der Waals surface area (Å²) in [5.41, 5.74) is 0. The largest absolute Gasteiger partial charge is 0.372 e. The number of carbonyl (C=O) groups is 1. The predicted molar refractivity (Wildman–Crippen MR) is 71.4 cm³/mol. The zero-order chi connectivity index (χ0) is 13.0. The van der Waals surface area contributed by atoms with Crippen LogP contribution in [0.25, 0.3) is 0 Å². The third-order valence-electron chi connectivity index (χ3n) is 4.06. The summed E-state index contributed by atoms with van der Waals surface area (Å²) in [6.07, 6.45) is 4.36. The first-order valence-electron chi connectivity index (χ1n) is 7.33. The Morgan fingerprint density at radius 3 is 2.94 bits per heavy atom. The maximum absolute atomic E-state index is 12.2. The van der Waals surface area contributed by atoms with E-state index in [0.29, 0.717) is 18.2 Å². The molecule has 0 spiro atoms. The lowest BCUT2D eigenvalue weighted by atomic mass is 10.0. The Balaban J connectivity index is 1.76. The molecule has 2 aliphatic rings. The Bertz CT molecular complexity index is 277. The number of rotatable bonds is 4. The summed E-state index contributed by atoms with van der Waals surface area (Å²) in [6.45, 7) is 7.93. The summed E-state index contributed by atoms with van der Waals surface area (Å²) in [5.74, 6) is 1.02. The summed E-state index contributed by atoms with van der Waals surface area (Å²) < 4.78 is 5.79. The normalized spacial score (nSPS) is 32.8. The Morgan fingerprint density at radius 2 is 2.28 bits per heavy atom. The lowest BCUT2D eigenvalue weighted by molar-refractivity contribution is -0.144. The van der Waals surface area contributed by atoms with Gasteiger partial charge in [-0.3, -0.25) is 4.79 Å². The molecule has 2 saturated heterocycles. The van der Waals surface area contributed by atoms with Gasteiger partial charge in [0.15, 0.2) is 0 Å². The van der Waals surface area contributed by atoms with E-state index >= 15 is 0 Å². The van der Waals surface area contributed by atoms with Crippen molar-refractivity contribution in [2.75, 3.05) is 26.2 Å². The van der Waals surface area contributed by atoms with E-state index in [1.807, 2.05) is 4.90 Å². The van der Waals surface area contributed by atoms with Crippen molar-refractivity contribution in [1.29, 1.82) is 0 Å². The van der Waals surface area contributed by atoms with Crippen molar-refractivity contribution in [3.05, 3.63) is 0 Å². The van der Waals surface area contributed by atoms with Gasteiger partial charge in [-0.2, -0.15) is 0 Å². The van der Waals surface area contributed by atoms with Gasteiger partial charge in [0.25, 0.3) is 0 Å². The van der Waals surface area contributed by atoms with Gasteiger partial charge in [-0.1, -0.05) is 6.92 Å². The number of hydrogen-bond donors (Lipinski definition) is 1. The van der Waals surface area contributed by atoms with Crippen LogP contribution in [0.5, 0.6) is 0 Å².